The Morgan fingerprint density at radius 1 is 1.40 bits per heavy atom. The minimum Gasteiger partial charge on any atom is -0.469 e. The van der Waals surface area contributed by atoms with E-state index in [1.54, 1.807) is 31.1 Å². The average Bonchev–Trinajstić information content (AvgIpc) is 2.98. The largest absolute Gasteiger partial charge is 0.469 e. The molecule has 6 heteroatoms. The lowest BCUT2D eigenvalue weighted by Crippen LogP contribution is -2.38. The van der Waals surface area contributed by atoms with Crippen molar-refractivity contribution in [2.75, 3.05) is 33.9 Å². The van der Waals surface area contributed by atoms with Gasteiger partial charge in [0.1, 0.15) is 0 Å². The van der Waals surface area contributed by atoms with Gasteiger partial charge in [-0.05, 0) is 18.6 Å². The van der Waals surface area contributed by atoms with E-state index in [1.807, 2.05) is 0 Å². The maximum Gasteiger partial charge on any atom is 0.310 e. The molecule has 1 unspecified atom stereocenters. The number of nitrogens with zero attached hydrogens (tertiary/aromatic N) is 1. The molecule has 1 heterocycles. The van der Waals surface area contributed by atoms with Gasteiger partial charge in [-0.3, -0.25) is 9.59 Å². The summed E-state index contributed by atoms with van der Waals surface area (Å²) in [5.41, 5.74) is 0. The van der Waals surface area contributed by atoms with Crippen LogP contribution in [0.2, 0.25) is 0 Å². The third-order valence-corrected chi connectivity index (χ3v) is 2.89. The van der Waals surface area contributed by atoms with E-state index in [2.05, 4.69) is 4.74 Å². The maximum atomic E-state index is 12.3. The molecular weight excluding hydrogens is 262 g/mol. The first kappa shape index (κ1) is 16.2. The van der Waals surface area contributed by atoms with Crippen molar-refractivity contribution in [3.05, 3.63) is 24.2 Å². The van der Waals surface area contributed by atoms with Crippen LogP contribution < -0.4 is 0 Å². The van der Waals surface area contributed by atoms with Crippen LogP contribution in [-0.2, 0) is 14.3 Å². The highest BCUT2D eigenvalue weighted by atomic mass is 16.5. The summed E-state index contributed by atoms with van der Waals surface area (Å²) in [5.74, 6) is -0.697. The molecule has 1 rings (SSSR count). The molecule has 1 atom stereocenters. The predicted molar refractivity (Wildman–Crippen MR) is 72.3 cm³/mol. The third-order valence-electron chi connectivity index (χ3n) is 2.89. The van der Waals surface area contributed by atoms with Gasteiger partial charge in [0.05, 0.1) is 19.3 Å². The average molecular weight is 283 g/mol. The zero-order valence-electron chi connectivity index (χ0n) is 12.1. The van der Waals surface area contributed by atoms with Crippen LogP contribution in [0.15, 0.2) is 22.8 Å². The van der Waals surface area contributed by atoms with Gasteiger partial charge >= 0.3 is 5.97 Å². The molecule has 0 aliphatic rings. The number of esters is 1. The molecule has 1 amide bonds. The van der Waals surface area contributed by atoms with E-state index in [4.69, 9.17) is 9.15 Å². The molecule has 1 aromatic rings. The van der Waals surface area contributed by atoms with Crippen LogP contribution in [0.1, 0.15) is 23.9 Å². The number of carbonyl (C=O) groups excluding carboxylic acids is 2. The number of furan rings is 1. The van der Waals surface area contributed by atoms with Crippen molar-refractivity contribution in [2.45, 2.75) is 13.3 Å². The Kier molecular flexibility index (Phi) is 6.79. The minimum atomic E-state index is -0.388. The maximum absolute atomic E-state index is 12.3. The first-order chi connectivity index (χ1) is 9.60. The van der Waals surface area contributed by atoms with Gasteiger partial charge in [-0.25, -0.2) is 0 Å². The van der Waals surface area contributed by atoms with Gasteiger partial charge in [0.2, 0.25) is 0 Å². The standard InChI is InChI=1S/C14H21NO5/c1-11(14(17)19-3)10-15(7-5-8-18-2)13(16)12-6-4-9-20-12/h4,6,9,11H,5,7-8,10H2,1-3H3. The molecule has 0 aliphatic heterocycles. The highest BCUT2D eigenvalue weighted by Gasteiger charge is 2.23. The number of carbonyl (C=O) groups is 2. The van der Waals surface area contributed by atoms with Gasteiger partial charge in [-0.2, -0.15) is 0 Å². The van der Waals surface area contributed by atoms with Gasteiger partial charge in [-0.15, -0.1) is 0 Å². The number of hydrogen-bond donors (Lipinski definition) is 0. The second kappa shape index (κ2) is 8.37. The summed E-state index contributed by atoms with van der Waals surface area (Å²) in [7, 11) is 2.94. The van der Waals surface area contributed by atoms with Crippen LogP contribution in [0, 0.1) is 5.92 Å². The smallest absolute Gasteiger partial charge is 0.310 e. The van der Waals surface area contributed by atoms with Crippen molar-refractivity contribution in [3.63, 3.8) is 0 Å². The summed E-state index contributed by atoms with van der Waals surface area (Å²) in [5, 5.41) is 0. The van der Waals surface area contributed by atoms with E-state index in [0.29, 0.717) is 19.6 Å². The summed E-state index contributed by atoms with van der Waals surface area (Å²) >= 11 is 0. The van der Waals surface area contributed by atoms with Crippen molar-refractivity contribution in [1.29, 1.82) is 0 Å². The molecule has 0 bridgehead atoms. The summed E-state index contributed by atoms with van der Waals surface area (Å²) in [6.45, 7) is 3.06. The van der Waals surface area contributed by atoms with Gasteiger partial charge in [-0.1, -0.05) is 6.92 Å². The number of methoxy groups -OCH3 is 2. The van der Waals surface area contributed by atoms with Crippen LogP contribution in [0.3, 0.4) is 0 Å². The topological polar surface area (TPSA) is 69.0 Å². The third kappa shape index (κ3) is 4.70. The number of amides is 1. The Labute approximate surface area is 118 Å². The second-order valence-corrected chi connectivity index (χ2v) is 4.50. The lowest BCUT2D eigenvalue weighted by atomic mass is 10.1. The first-order valence-electron chi connectivity index (χ1n) is 6.49. The first-order valence-corrected chi connectivity index (χ1v) is 6.49. The lowest BCUT2D eigenvalue weighted by molar-refractivity contribution is -0.145. The van der Waals surface area contributed by atoms with Crippen LogP contribution in [0.4, 0.5) is 0 Å². The fourth-order valence-electron chi connectivity index (χ4n) is 1.84. The Morgan fingerprint density at radius 3 is 2.70 bits per heavy atom. The highest BCUT2D eigenvalue weighted by Crippen LogP contribution is 2.10. The van der Waals surface area contributed by atoms with Gasteiger partial charge in [0.25, 0.3) is 5.91 Å². The van der Waals surface area contributed by atoms with E-state index >= 15 is 0 Å². The zero-order valence-corrected chi connectivity index (χ0v) is 12.1. The monoisotopic (exact) mass is 283 g/mol. The van der Waals surface area contributed by atoms with E-state index in [9.17, 15) is 9.59 Å². The molecule has 20 heavy (non-hydrogen) atoms. The van der Waals surface area contributed by atoms with Gasteiger partial charge < -0.3 is 18.8 Å². The van der Waals surface area contributed by atoms with Crippen LogP contribution in [0.5, 0.6) is 0 Å². The molecular formula is C14H21NO5. The second-order valence-electron chi connectivity index (χ2n) is 4.50. The number of hydrogen-bond acceptors (Lipinski definition) is 5. The van der Waals surface area contributed by atoms with Gasteiger partial charge in [0.15, 0.2) is 5.76 Å². The number of ether oxygens (including phenoxy) is 2. The van der Waals surface area contributed by atoms with Gasteiger partial charge in [0, 0.05) is 26.8 Å². The summed E-state index contributed by atoms with van der Waals surface area (Å²) in [4.78, 5) is 25.3. The molecule has 0 aliphatic carbocycles. The Morgan fingerprint density at radius 2 is 2.15 bits per heavy atom. The highest BCUT2D eigenvalue weighted by molar-refractivity contribution is 5.91. The quantitative estimate of drug-likeness (QED) is 0.535. The molecule has 0 spiro atoms. The van der Waals surface area contributed by atoms with E-state index in [1.165, 1.54) is 13.4 Å². The van der Waals surface area contributed by atoms with E-state index < -0.39 is 0 Å². The molecule has 0 saturated heterocycles. The number of rotatable bonds is 8. The lowest BCUT2D eigenvalue weighted by Gasteiger charge is -2.24. The molecule has 0 aromatic carbocycles. The minimum absolute atomic E-state index is 0.234. The van der Waals surface area contributed by atoms with Crippen LogP contribution in [-0.4, -0.2) is 50.7 Å². The Bertz CT molecular complexity index is 415. The summed E-state index contributed by atoms with van der Waals surface area (Å²) < 4.78 is 14.8. The van der Waals surface area contributed by atoms with Crippen molar-refractivity contribution >= 4 is 11.9 Å². The molecule has 112 valence electrons. The predicted octanol–water partition coefficient (Wildman–Crippen LogP) is 1.57. The molecule has 6 nitrogen and oxygen atoms in total. The molecule has 0 N–H and O–H groups in total. The van der Waals surface area contributed by atoms with Crippen LogP contribution in [0.25, 0.3) is 0 Å². The Balaban J connectivity index is 2.69. The molecule has 1 aromatic heterocycles. The van der Waals surface area contributed by atoms with Crippen LogP contribution >= 0.6 is 0 Å². The fourth-order valence-corrected chi connectivity index (χ4v) is 1.84. The fraction of sp³-hybridized carbons (Fsp3) is 0.571. The molecule has 0 saturated carbocycles. The summed E-state index contributed by atoms with van der Waals surface area (Å²) in [6, 6.07) is 3.26. The molecule has 0 fully saturated rings. The van der Waals surface area contributed by atoms with Crippen molar-refractivity contribution in [1.82, 2.24) is 4.90 Å². The zero-order chi connectivity index (χ0) is 15.0. The van der Waals surface area contributed by atoms with Crippen molar-refractivity contribution < 1.29 is 23.5 Å². The van der Waals surface area contributed by atoms with Crippen molar-refractivity contribution in [3.8, 4) is 0 Å². The molecule has 0 radical (unpaired) electrons. The summed E-state index contributed by atoms with van der Waals surface area (Å²) in [6.07, 6.45) is 2.14. The van der Waals surface area contributed by atoms with E-state index in [-0.39, 0.29) is 30.1 Å². The van der Waals surface area contributed by atoms with E-state index in [0.717, 1.165) is 0 Å². The SMILES string of the molecule is COCCCN(CC(C)C(=O)OC)C(=O)c1ccco1. The normalized spacial score (nSPS) is 11.9. The van der Waals surface area contributed by atoms with Crippen molar-refractivity contribution in [2.24, 2.45) is 5.92 Å². The Hall–Kier alpha value is -1.82.